The molecule has 0 atom stereocenters. The number of carbonyl (C=O) groups is 2. The van der Waals surface area contributed by atoms with Crippen LogP contribution in [0.4, 0.5) is 14.9 Å². The minimum Gasteiger partial charge on any atom is -0.497 e. The molecule has 5 nitrogen and oxygen atoms in total. The van der Waals surface area contributed by atoms with E-state index in [0.717, 1.165) is 28.1 Å². The van der Waals surface area contributed by atoms with Gasteiger partial charge in [-0.05, 0) is 59.8 Å². The zero-order valence-corrected chi connectivity index (χ0v) is 14.2. The summed E-state index contributed by atoms with van der Waals surface area (Å²) in [6.45, 7) is 0.0672. The van der Waals surface area contributed by atoms with Gasteiger partial charge < -0.3 is 10.1 Å². The monoisotopic (exact) mass is 358 g/mol. The lowest BCUT2D eigenvalue weighted by Gasteiger charge is -2.14. The van der Waals surface area contributed by atoms with Gasteiger partial charge in [0.1, 0.15) is 11.6 Å². The molecule has 0 aliphatic carbocycles. The van der Waals surface area contributed by atoms with Crippen molar-refractivity contribution in [2.45, 2.75) is 0 Å². The van der Waals surface area contributed by atoms with Crippen LogP contribution in [0.3, 0.4) is 0 Å². The van der Waals surface area contributed by atoms with Crippen LogP contribution >= 0.6 is 11.8 Å². The third kappa shape index (κ3) is 4.00. The normalized spacial score (nSPS) is 15.8. The maximum atomic E-state index is 12.9. The second kappa shape index (κ2) is 7.40. The van der Waals surface area contributed by atoms with Crippen LogP contribution in [0, 0.1) is 5.82 Å². The van der Waals surface area contributed by atoms with Crippen molar-refractivity contribution in [2.75, 3.05) is 19.1 Å². The lowest BCUT2D eigenvalue weighted by Crippen LogP contribution is -2.33. The van der Waals surface area contributed by atoms with Crippen LogP contribution in [-0.2, 0) is 4.79 Å². The summed E-state index contributed by atoms with van der Waals surface area (Å²) < 4.78 is 18.0. The first-order valence-electron chi connectivity index (χ1n) is 7.45. The van der Waals surface area contributed by atoms with Gasteiger partial charge in [0.25, 0.3) is 11.1 Å². The third-order valence-electron chi connectivity index (χ3n) is 3.57. The third-order valence-corrected chi connectivity index (χ3v) is 4.48. The van der Waals surface area contributed by atoms with Gasteiger partial charge in [-0.25, -0.2) is 4.39 Å². The molecule has 0 unspecified atom stereocenters. The summed E-state index contributed by atoms with van der Waals surface area (Å²) in [6.07, 6.45) is 1.58. The highest BCUT2D eigenvalue weighted by Gasteiger charge is 2.34. The summed E-state index contributed by atoms with van der Waals surface area (Å²) in [6, 6.07) is 12.9. The fourth-order valence-electron chi connectivity index (χ4n) is 2.23. The Morgan fingerprint density at radius 2 is 1.80 bits per heavy atom. The average molecular weight is 358 g/mol. The zero-order chi connectivity index (χ0) is 17.8. The molecule has 0 aromatic heterocycles. The predicted octanol–water partition coefficient (Wildman–Crippen LogP) is 3.94. The molecule has 1 heterocycles. The molecule has 1 N–H and O–H groups in total. The smallest absolute Gasteiger partial charge is 0.295 e. The maximum Gasteiger partial charge on any atom is 0.295 e. The molecule has 0 saturated carbocycles. The Labute approximate surface area is 148 Å². The van der Waals surface area contributed by atoms with E-state index < -0.39 is 0 Å². The van der Waals surface area contributed by atoms with E-state index in [-0.39, 0.29) is 23.6 Å². The van der Waals surface area contributed by atoms with Crippen LogP contribution < -0.4 is 10.1 Å². The molecule has 0 radical (unpaired) electrons. The first-order valence-corrected chi connectivity index (χ1v) is 8.27. The summed E-state index contributed by atoms with van der Waals surface area (Å²) in [7, 11) is 1.58. The summed E-state index contributed by atoms with van der Waals surface area (Å²) in [5, 5.41) is 2.68. The van der Waals surface area contributed by atoms with Crippen molar-refractivity contribution in [3.8, 4) is 5.75 Å². The van der Waals surface area contributed by atoms with Crippen LogP contribution in [0.1, 0.15) is 5.56 Å². The topological polar surface area (TPSA) is 58.6 Å². The van der Waals surface area contributed by atoms with Gasteiger partial charge in [0, 0.05) is 5.69 Å². The van der Waals surface area contributed by atoms with E-state index in [9.17, 15) is 14.0 Å². The van der Waals surface area contributed by atoms with Crippen LogP contribution in [0.15, 0.2) is 53.4 Å². The highest BCUT2D eigenvalue weighted by atomic mass is 32.2. The molecule has 7 heteroatoms. The van der Waals surface area contributed by atoms with Gasteiger partial charge in [0.15, 0.2) is 0 Å². The predicted molar refractivity (Wildman–Crippen MR) is 95.7 cm³/mol. The van der Waals surface area contributed by atoms with E-state index in [1.165, 1.54) is 12.1 Å². The number of imide groups is 1. The number of amides is 2. The molecular formula is C18H15FN2O3S. The van der Waals surface area contributed by atoms with Crippen molar-refractivity contribution in [1.29, 1.82) is 0 Å². The minimum absolute atomic E-state index is 0.0672. The number of nitrogens with one attached hydrogen (secondary N) is 1. The van der Waals surface area contributed by atoms with Crippen LogP contribution in [0.5, 0.6) is 5.75 Å². The molecule has 0 bridgehead atoms. The van der Waals surface area contributed by atoms with Crippen LogP contribution in [-0.4, -0.2) is 29.8 Å². The molecule has 2 amide bonds. The Balaban J connectivity index is 1.67. The number of carbonyl (C=O) groups excluding carboxylic acids is 2. The van der Waals surface area contributed by atoms with Gasteiger partial charge in [-0.2, -0.15) is 0 Å². The molecular weight excluding hydrogens is 343 g/mol. The molecule has 2 aromatic rings. The van der Waals surface area contributed by atoms with Gasteiger partial charge in [-0.1, -0.05) is 12.1 Å². The Kier molecular flexibility index (Phi) is 5.04. The van der Waals surface area contributed by atoms with E-state index in [2.05, 4.69) is 5.32 Å². The molecule has 3 rings (SSSR count). The largest absolute Gasteiger partial charge is 0.497 e. The summed E-state index contributed by atoms with van der Waals surface area (Å²) in [5.74, 6) is -0.00627. The number of thioether (sulfide) groups is 1. The fourth-order valence-corrected chi connectivity index (χ4v) is 3.06. The van der Waals surface area contributed by atoms with Crippen molar-refractivity contribution in [3.05, 3.63) is 64.8 Å². The molecule has 1 saturated heterocycles. The van der Waals surface area contributed by atoms with Gasteiger partial charge in [-0.15, -0.1) is 0 Å². The molecule has 2 aromatic carbocycles. The molecule has 1 aliphatic rings. The second-order valence-electron chi connectivity index (χ2n) is 5.22. The van der Waals surface area contributed by atoms with Gasteiger partial charge in [0.2, 0.25) is 0 Å². The highest BCUT2D eigenvalue weighted by Crippen LogP contribution is 2.32. The quantitative estimate of drug-likeness (QED) is 0.821. The molecule has 1 fully saturated rings. The average Bonchev–Trinajstić information content (AvgIpc) is 2.89. The van der Waals surface area contributed by atoms with Crippen molar-refractivity contribution >= 4 is 34.7 Å². The fraction of sp³-hybridized carbons (Fsp3) is 0.111. The van der Waals surface area contributed by atoms with Gasteiger partial charge in [0.05, 0.1) is 18.7 Å². The number of hydrogen-bond acceptors (Lipinski definition) is 5. The Morgan fingerprint density at radius 1 is 1.12 bits per heavy atom. The van der Waals surface area contributed by atoms with Crippen molar-refractivity contribution in [1.82, 2.24) is 4.90 Å². The molecule has 0 spiro atoms. The van der Waals surface area contributed by atoms with Crippen LogP contribution in [0.25, 0.3) is 6.08 Å². The summed E-state index contributed by atoms with van der Waals surface area (Å²) in [4.78, 5) is 25.9. The Morgan fingerprint density at radius 3 is 2.44 bits per heavy atom. The van der Waals surface area contributed by atoms with E-state index >= 15 is 0 Å². The number of methoxy groups -OCH3 is 1. The number of rotatable bonds is 5. The van der Waals surface area contributed by atoms with E-state index in [1.807, 2.05) is 0 Å². The van der Waals surface area contributed by atoms with Crippen molar-refractivity contribution < 1.29 is 18.7 Å². The number of benzene rings is 2. The van der Waals surface area contributed by atoms with Crippen molar-refractivity contribution in [3.63, 3.8) is 0 Å². The second-order valence-corrected chi connectivity index (χ2v) is 6.22. The number of halogens is 1. The van der Waals surface area contributed by atoms with Gasteiger partial charge in [-0.3, -0.25) is 14.5 Å². The number of nitrogens with zero attached hydrogens (tertiary/aromatic N) is 1. The van der Waals surface area contributed by atoms with Crippen LogP contribution in [0.2, 0.25) is 0 Å². The minimum atomic E-state index is -0.375. The number of hydrogen-bond donors (Lipinski definition) is 1. The SMILES string of the molecule is COc1ccc(NCN2C(=O)S/C(=C\c3ccc(F)cc3)C2=O)cc1. The zero-order valence-electron chi connectivity index (χ0n) is 13.4. The maximum absolute atomic E-state index is 12.9. The first-order chi connectivity index (χ1) is 12.1. The van der Waals surface area contributed by atoms with E-state index in [0.29, 0.717) is 10.5 Å². The summed E-state index contributed by atoms with van der Waals surface area (Å²) >= 11 is 0.867. The van der Waals surface area contributed by atoms with Gasteiger partial charge >= 0.3 is 0 Å². The number of anilines is 1. The number of ether oxygens (including phenoxy) is 1. The molecule has 25 heavy (non-hydrogen) atoms. The van der Waals surface area contributed by atoms with Crippen molar-refractivity contribution in [2.24, 2.45) is 0 Å². The molecule has 128 valence electrons. The highest BCUT2D eigenvalue weighted by molar-refractivity contribution is 8.18. The lowest BCUT2D eigenvalue weighted by molar-refractivity contribution is -0.122. The molecule has 1 aliphatic heterocycles. The summed E-state index contributed by atoms with van der Waals surface area (Å²) in [5.41, 5.74) is 1.43. The lowest BCUT2D eigenvalue weighted by atomic mass is 10.2. The van der Waals surface area contributed by atoms with E-state index in [1.54, 1.807) is 49.6 Å². The first kappa shape index (κ1) is 17.0. The van der Waals surface area contributed by atoms with E-state index in [4.69, 9.17) is 4.74 Å². The Hall–Kier alpha value is -2.80. The Bertz CT molecular complexity index is 819. The standard InChI is InChI=1S/C18H15FN2O3S/c1-24-15-8-6-14(7-9-15)20-11-21-17(22)16(25-18(21)23)10-12-2-4-13(19)5-3-12/h2-10,20H,11H2,1H3/b16-10-.